The average Bonchev–Trinajstić information content (AvgIpc) is 2.29. The summed E-state index contributed by atoms with van der Waals surface area (Å²) in [5, 5.41) is 0. The van der Waals surface area contributed by atoms with E-state index in [1.165, 1.54) is 0 Å². The van der Waals surface area contributed by atoms with E-state index in [0.717, 1.165) is 24.2 Å². The van der Waals surface area contributed by atoms with Gasteiger partial charge in [0.1, 0.15) is 5.75 Å². The average molecular weight is 223 g/mol. The Balaban J connectivity index is 2.58. The second kappa shape index (κ2) is 6.51. The Hall–Kier alpha value is -1.06. The fourth-order valence-electron chi connectivity index (χ4n) is 1.76. The molecule has 0 fully saturated rings. The molecule has 0 aliphatic heterocycles. The Morgan fingerprint density at radius 2 is 1.94 bits per heavy atom. The third kappa shape index (κ3) is 3.83. The summed E-state index contributed by atoms with van der Waals surface area (Å²) in [5.41, 5.74) is 7.22. The van der Waals surface area contributed by atoms with E-state index >= 15 is 0 Å². The fourth-order valence-corrected chi connectivity index (χ4v) is 1.76. The normalized spacial score (nSPS) is 14.5. The zero-order valence-electron chi connectivity index (χ0n) is 10.3. The van der Waals surface area contributed by atoms with E-state index in [1.807, 2.05) is 25.1 Å². The summed E-state index contributed by atoms with van der Waals surface area (Å²) in [7, 11) is 3.39. The Bertz CT molecular complexity index is 315. The van der Waals surface area contributed by atoms with Crippen molar-refractivity contribution >= 4 is 0 Å². The predicted octanol–water partition coefficient (Wildman–Crippen LogP) is 1.99. The standard InChI is InChI=1S/C13H21NO2/c1-10(15-2)8-12(14)9-11-6-4-5-7-13(11)16-3/h4-7,10,12H,8-9,14H2,1-3H3. The topological polar surface area (TPSA) is 44.5 Å². The van der Waals surface area contributed by atoms with Crippen molar-refractivity contribution in [1.82, 2.24) is 0 Å². The first-order valence-corrected chi connectivity index (χ1v) is 5.57. The van der Waals surface area contributed by atoms with E-state index in [1.54, 1.807) is 14.2 Å². The van der Waals surface area contributed by atoms with Gasteiger partial charge in [-0.05, 0) is 31.4 Å². The minimum atomic E-state index is 0.103. The van der Waals surface area contributed by atoms with Crippen LogP contribution in [-0.4, -0.2) is 26.4 Å². The lowest BCUT2D eigenvalue weighted by Gasteiger charge is -2.17. The number of para-hydroxylation sites is 1. The highest BCUT2D eigenvalue weighted by atomic mass is 16.5. The maximum Gasteiger partial charge on any atom is 0.122 e. The quantitative estimate of drug-likeness (QED) is 0.802. The molecule has 2 unspecified atom stereocenters. The summed E-state index contributed by atoms with van der Waals surface area (Å²) >= 11 is 0. The molecule has 0 heterocycles. The van der Waals surface area contributed by atoms with E-state index < -0.39 is 0 Å². The number of rotatable bonds is 6. The molecule has 1 aromatic carbocycles. The van der Waals surface area contributed by atoms with Crippen LogP contribution in [0.5, 0.6) is 5.75 Å². The molecular formula is C13H21NO2. The van der Waals surface area contributed by atoms with E-state index in [2.05, 4.69) is 6.07 Å². The van der Waals surface area contributed by atoms with Gasteiger partial charge in [-0.25, -0.2) is 0 Å². The zero-order chi connectivity index (χ0) is 12.0. The van der Waals surface area contributed by atoms with Gasteiger partial charge in [-0.1, -0.05) is 18.2 Å². The third-order valence-electron chi connectivity index (χ3n) is 2.71. The second-order valence-electron chi connectivity index (χ2n) is 4.06. The minimum absolute atomic E-state index is 0.103. The Morgan fingerprint density at radius 3 is 2.56 bits per heavy atom. The molecule has 0 bridgehead atoms. The van der Waals surface area contributed by atoms with E-state index in [4.69, 9.17) is 15.2 Å². The number of ether oxygens (including phenoxy) is 2. The molecule has 1 aromatic rings. The summed E-state index contributed by atoms with van der Waals surface area (Å²) in [5.74, 6) is 0.906. The minimum Gasteiger partial charge on any atom is -0.496 e. The van der Waals surface area contributed by atoms with E-state index in [-0.39, 0.29) is 12.1 Å². The predicted molar refractivity (Wildman–Crippen MR) is 65.8 cm³/mol. The van der Waals surface area contributed by atoms with E-state index in [0.29, 0.717) is 0 Å². The van der Waals surface area contributed by atoms with Crippen molar-refractivity contribution < 1.29 is 9.47 Å². The van der Waals surface area contributed by atoms with Crippen LogP contribution >= 0.6 is 0 Å². The molecular weight excluding hydrogens is 202 g/mol. The van der Waals surface area contributed by atoms with Crippen molar-refractivity contribution in [2.75, 3.05) is 14.2 Å². The van der Waals surface area contributed by atoms with Gasteiger partial charge in [-0.15, -0.1) is 0 Å². The molecule has 0 aromatic heterocycles. The van der Waals surface area contributed by atoms with Gasteiger partial charge in [0.05, 0.1) is 13.2 Å². The Kier molecular flexibility index (Phi) is 5.29. The van der Waals surface area contributed by atoms with Crippen LogP contribution in [0.2, 0.25) is 0 Å². The van der Waals surface area contributed by atoms with E-state index in [9.17, 15) is 0 Å². The molecule has 90 valence electrons. The smallest absolute Gasteiger partial charge is 0.122 e. The first-order chi connectivity index (χ1) is 7.67. The van der Waals surface area contributed by atoms with Gasteiger partial charge < -0.3 is 15.2 Å². The van der Waals surface area contributed by atoms with Gasteiger partial charge in [-0.3, -0.25) is 0 Å². The maximum absolute atomic E-state index is 6.07. The van der Waals surface area contributed by atoms with Crippen molar-refractivity contribution in [1.29, 1.82) is 0 Å². The molecule has 1 rings (SSSR count). The SMILES string of the molecule is COc1ccccc1CC(N)CC(C)OC. The molecule has 0 radical (unpaired) electrons. The third-order valence-corrected chi connectivity index (χ3v) is 2.71. The monoisotopic (exact) mass is 223 g/mol. The molecule has 0 aliphatic carbocycles. The second-order valence-corrected chi connectivity index (χ2v) is 4.06. The largest absolute Gasteiger partial charge is 0.496 e. The van der Waals surface area contributed by atoms with Gasteiger partial charge in [0.15, 0.2) is 0 Å². The highest BCUT2D eigenvalue weighted by Gasteiger charge is 2.11. The van der Waals surface area contributed by atoms with Crippen molar-refractivity contribution in [2.24, 2.45) is 5.73 Å². The van der Waals surface area contributed by atoms with Gasteiger partial charge in [0.25, 0.3) is 0 Å². The van der Waals surface area contributed by atoms with Crippen LogP contribution in [0.15, 0.2) is 24.3 Å². The molecule has 0 saturated carbocycles. The summed E-state index contributed by atoms with van der Waals surface area (Å²) in [4.78, 5) is 0. The number of hydrogen-bond donors (Lipinski definition) is 1. The molecule has 3 nitrogen and oxygen atoms in total. The number of hydrogen-bond acceptors (Lipinski definition) is 3. The molecule has 0 amide bonds. The molecule has 2 atom stereocenters. The van der Waals surface area contributed by atoms with Gasteiger partial charge in [0, 0.05) is 13.2 Å². The van der Waals surface area contributed by atoms with Crippen molar-refractivity contribution in [3.05, 3.63) is 29.8 Å². The van der Waals surface area contributed by atoms with Crippen LogP contribution in [0, 0.1) is 0 Å². The molecule has 0 aliphatic rings. The van der Waals surface area contributed by atoms with Crippen molar-refractivity contribution in [3.63, 3.8) is 0 Å². The summed E-state index contributed by atoms with van der Waals surface area (Å²) in [6, 6.07) is 8.08. The van der Waals surface area contributed by atoms with Crippen molar-refractivity contribution in [2.45, 2.75) is 31.9 Å². The molecule has 2 N–H and O–H groups in total. The maximum atomic E-state index is 6.07. The number of methoxy groups -OCH3 is 2. The van der Waals surface area contributed by atoms with Crippen LogP contribution < -0.4 is 10.5 Å². The Labute approximate surface area is 97.6 Å². The summed E-state index contributed by atoms with van der Waals surface area (Å²) in [6.45, 7) is 2.03. The lowest BCUT2D eigenvalue weighted by molar-refractivity contribution is 0.104. The van der Waals surface area contributed by atoms with Crippen LogP contribution in [0.4, 0.5) is 0 Å². The molecule has 0 saturated heterocycles. The van der Waals surface area contributed by atoms with Crippen LogP contribution in [0.25, 0.3) is 0 Å². The van der Waals surface area contributed by atoms with Crippen LogP contribution in [-0.2, 0) is 11.2 Å². The first-order valence-electron chi connectivity index (χ1n) is 5.57. The highest BCUT2D eigenvalue weighted by molar-refractivity contribution is 5.33. The van der Waals surface area contributed by atoms with Crippen molar-refractivity contribution in [3.8, 4) is 5.75 Å². The molecule has 0 spiro atoms. The lowest BCUT2D eigenvalue weighted by atomic mass is 10.0. The summed E-state index contributed by atoms with van der Waals surface area (Å²) in [6.07, 6.45) is 1.87. The van der Waals surface area contributed by atoms with Gasteiger partial charge in [0.2, 0.25) is 0 Å². The van der Waals surface area contributed by atoms with Crippen LogP contribution in [0.1, 0.15) is 18.9 Å². The van der Waals surface area contributed by atoms with Gasteiger partial charge in [-0.2, -0.15) is 0 Å². The molecule has 16 heavy (non-hydrogen) atoms. The van der Waals surface area contributed by atoms with Crippen LogP contribution in [0.3, 0.4) is 0 Å². The Morgan fingerprint density at radius 1 is 1.25 bits per heavy atom. The summed E-state index contributed by atoms with van der Waals surface area (Å²) < 4.78 is 10.5. The molecule has 3 heteroatoms. The fraction of sp³-hybridized carbons (Fsp3) is 0.538. The number of nitrogens with two attached hydrogens (primary N) is 1. The first kappa shape index (κ1) is 13.0. The number of benzene rings is 1. The zero-order valence-corrected chi connectivity index (χ0v) is 10.3. The van der Waals surface area contributed by atoms with Gasteiger partial charge >= 0.3 is 0 Å². The lowest BCUT2D eigenvalue weighted by Crippen LogP contribution is -2.28. The highest BCUT2D eigenvalue weighted by Crippen LogP contribution is 2.19.